The molecule has 4 nitrogen and oxygen atoms in total. The molecule has 2 aromatic carbocycles. The minimum absolute atomic E-state index is 0.00369. The highest BCUT2D eigenvalue weighted by Crippen LogP contribution is 2.22. The number of ether oxygens (including phenoxy) is 1. The van der Waals surface area contributed by atoms with Crippen LogP contribution in [0.1, 0.15) is 10.4 Å². The van der Waals surface area contributed by atoms with Crippen LogP contribution in [-0.2, 0) is 0 Å². The molecule has 0 saturated carbocycles. The Balaban J connectivity index is 1.40. The minimum atomic E-state index is 0.00369. The van der Waals surface area contributed by atoms with Gasteiger partial charge in [0.2, 0.25) is 5.88 Å². The number of carbonyl (C=O) groups is 1. The lowest BCUT2D eigenvalue weighted by Gasteiger charge is -2.38. The van der Waals surface area contributed by atoms with Gasteiger partial charge >= 0.3 is 0 Å². The van der Waals surface area contributed by atoms with E-state index in [9.17, 15) is 4.79 Å². The smallest absolute Gasteiger partial charge is 0.255 e. The fraction of sp³-hybridized carbons (Fsp3) is 0.158. The van der Waals surface area contributed by atoms with Crippen molar-refractivity contribution in [1.82, 2.24) is 9.88 Å². The Labute approximate surface area is 153 Å². The molecular formula is C19H15IN2O2. The lowest BCUT2D eigenvalue weighted by atomic mass is 10.1. The molecular weight excluding hydrogens is 415 g/mol. The number of halogens is 1. The molecule has 1 saturated heterocycles. The second kappa shape index (κ2) is 6.39. The molecule has 0 aliphatic carbocycles. The Bertz CT molecular complexity index is 907. The minimum Gasteiger partial charge on any atom is -0.471 e. The third-order valence-electron chi connectivity index (χ3n) is 4.10. The normalized spacial score (nSPS) is 14.5. The van der Waals surface area contributed by atoms with Gasteiger partial charge in [0, 0.05) is 15.0 Å². The van der Waals surface area contributed by atoms with Gasteiger partial charge in [-0.3, -0.25) is 4.79 Å². The second-order valence-electron chi connectivity index (χ2n) is 5.77. The van der Waals surface area contributed by atoms with E-state index in [4.69, 9.17) is 4.74 Å². The number of amides is 1. The fourth-order valence-corrected chi connectivity index (χ4v) is 3.39. The van der Waals surface area contributed by atoms with Gasteiger partial charge in [0.15, 0.2) is 0 Å². The van der Waals surface area contributed by atoms with Gasteiger partial charge in [-0.05, 0) is 46.9 Å². The number of fused-ring (bicyclic) bond motifs is 1. The Morgan fingerprint density at radius 1 is 1.04 bits per heavy atom. The van der Waals surface area contributed by atoms with Crippen molar-refractivity contribution >= 4 is 39.4 Å². The lowest BCUT2D eigenvalue weighted by Crippen LogP contribution is -2.56. The van der Waals surface area contributed by atoms with E-state index in [1.54, 1.807) is 0 Å². The van der Waals surface area contributed by atoms with E-state index in [1.165, 1.54) is 0 Å². The van der Waals surface area contributed by atoms with Crippen LogP contribution < -0.4 is 4.74 Å². The van der Waals surface area contributed by atoms with Gasteiger partial charge in [-0.25, -0.2) is 4.98 Å². The first-order valence-electron chi connectivity index (χ1n) is 7.77. The number of likely N-dealkylation sites (tertiary alicyclic amines) is 1. The molecule has 5 heteroatoms. The van der Waals surface area contributed by atoms with Crippen LogP contribution in [0.25, 0.3) is 10.9 Å². The molecule has 0 N–H and O–H groups in total. The maximum Gasteiger partial charge on any atom is 0.255 e. The Morgan fingerprint density at radius 3 is 2.62 bits per heavy atom. The van der Waals surface area contributed by atoms with Crippen LogP contribution in [0.15, 0.2) is 60.7 Å². The summed E-state index contributed by atoms with van der Waals surface area (Å²) in [7, 11) is 0. The quantitative estimate of drug-likeness (QED) is 0.595. The number of carbonyl (C=O) groups excluding carboxylic acids is 1. The summed E-state index contributed by atoms with van der Waals surface area (Å²) in [5, 5.41) is 1.09. The third-order valence-corrected chi connectivity index (χ3v) is 5.04. The average Bonchev–Trinajstić information content (AvgIpc) is 2.57. The van der Waals surface area contributed by atoms with Crippen LogP contribution >= 0.6 is 22.6 Å². The number of hydrogen-bond acceptors (Lipinski definition) is 3. The summed E-state index contributed by atoms with van der Waals surface area (Å²) in [6.45, 7) is 1.19. The molecule has 1 aliphatic rings. The first-order valence-corrected chi connectivity index (χ1v) is 8.85. The molecule has 0 bridgehead atoms. The zero-order chi connectivity index (χ0) is 16.5. The maximum atomic E-state index is 12.5. The van der Waals surface area contributed by atoms with Crippen LogP contribution in [0.2, 0.25) is 0 Å². The SMILES string of the molecule is O=C(c1ccccc1I)N1CC(Oc2ccc3ccccc3n2)C1. The van der Waals surface area contributed by atoms with Crippen LogP contribution in [0.5, 0.6) is 5.88 Å². The van der Waals surface area contributed by atoms with Gasteiger partial charge in [-0.15, -0.1) is 0 Å². The maximum absolute atomic E-state index is 12.5. The van der Waals surface area contributed by atoms with Gasteiger partial charge in [-0.1, -0.05) is 30.3 Å². The standard InChI is InChI=1S/C19H15IN2O2/c20-16-7-3-2-6-15(16)19(23)22-11-14(12-22)24-18-10-9-13-5-1-4-8-17(13)21-18/h1-10,14H,11-12H2. The van der Waals surface area contributed by atoms with Gasteiger partial charge < -0.3 is 9.64 Å². The lowest BCUT2D eigenvalue weighted by molar-refractivity contribution is 0.0160. The molecule has 0 radical (unpaired) electrons. The monoisotopic (exact) mass is 430 g/mol. The molecule has 1 aromatic heterocycles. The summed E-state index contributed by atoms with van der Waals surface area (Å²) in [5.41, 5.74) is 1.67. The molecule has 1 fully saturated rings. The molecule has 1 amide bonds. The van der Waals surface area contributed by atoms with Crippen LogP contribution in [0, 0.1) is 3.57 Å². The highest BCUT2D eigenvalue weighted by Gasteiger charge is 2.33. The van der Waals surface area contributed by atoms with Crippen molar-refractivity contribution in [3.05, 3.63) is 69.8 Å². The zero-order valence-corrected chi connectivity index (χ0v) is 15.0. The molecule has 3 aromatic rings. The van der Waals surface area contributed by atoms with Gasteiger partial charge in [0.25, 0.3) is 5.91 Å². The van der Waals surface area contributed by atoms with Crippen molar-refractivity contribution in [2.75, 3.05) is 13.1 Å². The molecule has 24 heavy (non-hydrogen) atoms. The predicted octanol–water partition coefficient (Wildman–Crippen LogP) is 3.74. The van der Waals surface area contributed by atoms with E-state index in [-0.39, 0.29) is 12.0 Å². The third kappa shape index (κ3) is 2.96. The molecule has 0 spiro atoms. The van der Waals surface area contributed by atoms with Crippen molar-refractivity contribution < 1.29 is 9.53 Å². The van der Waals surface area contributed by atoms with Crippen LogP contribution in [0.4, 0.5) is 0 Å². The van der Waals surface area contributed by atoms with Gasteiger partial charge in [-0.2, -0.15) is 0 Å². The summed E-state index contributed by atoms with van der Waals surface area (Å²) >= 11 is 2.19. The van der Waals surface area contributed by atoms with Crippen molar-refractivity contribution in [1.29, 1.82) is 0 Å². The Morgan fingerprint density at radius 2 is 1.79 bits per heavy atom. The largest absolute Gasteiger partial charge is 0.471 e. The Kier molecular flexibility index (Phi) is 4.10. The summed E-state index contributed by atoms with van der Waals surface area (Å²) in [4.78, 5) is 18.8. The van der Waals surface area contributed by atoms with E-state index >= 15 is 0 Å². The first-order chi connectivity index (χ1) is 11.7. The number of aromatic nitrogens is 1. The predicted molar refractivity (Wildman–Crippen MR) is 101 cm³/mol. The number of nitrogens with zero attached hydrogens (tertiary/aromatic N) is 2. The van der Waals surface area contributed by atoms with Gasteiger partial charge in [0.1, 0.15) is 6.10 Å². The van der Waals surface area contributed by atoms with E-state index in [2.05, 4.69) is 27.6 Å². The molecule has 4 rings (SSSR count). The summed E-state index contributed by atoms with van der Waals surface area (Å²) in [5.74, 6) is 0.673. The van der Waals surface area contributed by atoms with Crippen molar-refractivity contribution in [2.24, 2.45) is 0 Å². The van der Waals surface area contributed by atoms with Crippen molar-refractivity contribution in [3.63, 3.8) is 0 Å². The van der Waals surface area contributed by atoms with E-state index in [0.717, 1.165) is 20.0 Å². The van der Waals surface area contributed by atoms with E-state index in [0.29, 0.717) is 19.0 Å². The van der Waals surface area contributed by atoms with E-state index in [1.807, 2.05) is 65.6 Å². The van der Waals surface area contributed by atoms with Gasteiger partial charge in [0.05, 0.1) is 24.2 Å². The number of hydrogen-bond donors (Lipinski definition) is 0. The molecule has 1 aliphatic heterocycles. The summed E-state index contributed by atoms with van der Waals surface area (Å²) in [6, 6.07) is 19.5. The summed E-state index contributed by atoms with van der Waals surface area (Å²) in [6.07, 6.45) is 0.00369. The number of para-hydroxylation sites is 1. The first kappa shape index (κ1) is 15.4. The highest BCUT2D eigenvalue weighted by atomic mass is 127. The Hall–Kier alpha value is -2.15. The number of benzene rings is 2. The molecule has 0 atom stereocenters. The molecule has 0 unspecified atom stereocenters. The average molecular weight is 430 g/mol. The fourth-order valence-electron chi connectivity index (χ4n) is 2.77. The molecule has 120 valence electrons. The van der Waals surface area contributed by atoms with Crippen LogP contribution in [-0.4, -0.2) is 35.0 Å². The number of pyridine rings is 1. The van der Waals surface area contributed by atoms with Crippen LogP contribution in [0.3, 0.4) is 0 Å². The topological polar surface area (TPSA) is 42.4 Å². The second-order valence-corrected chi connectivity index (χ2v) is 6.93. The summed E-state index contributed by atoms with van der Waals surface area (Å²) < 4.78 is 6.87. The number of rotatable bonds is 3. The molecule has 2 heterocycles. The van der Waals surface area contributed by atoms with E-state index < -0.39 is 0 Å². The van der Waals surface area contributed by atoms with Crippen molar-refractivity contribution in [3.8, 4) is 5.88 Å². The van der Waals surface area contributed by atoms with Crippen molar-refractivity contribution in [2.45, 2.75) is 6.10 Å². The highest BCUT2D eigenvalue weighted by molar-refractivity contribution is 14.1. The zero-order valence-electron chi connectivity index (χ0n) is 12.9.